The number of anilines is 2. The Morgan fingerprint density at radius 3 is 1.93 bits per heavy atom. The quantitative estimate of drug-likeness (QED) is 0.0297. The molecule has 6 rings (SSSR count). The van der Waals surface area contributed by atoms with Gasteiger partial charge in [0.05, 0.1) is 24.8 Å². The lowest BCUT2D eigenvalue weighted by molar-refractivity contribution is -0.129. The number of hydrogen-bond acceptors (Lipinski definition) is 10. The van der Waals surface area contributed by atoms with Gasteiger partial charge in [-0.25, -0.2) is 9.78 Å². The third-order valence-electron chi connectivity index (χ3n) is 8.64. The van der Waals surface area contributed by atoms with Gasteiger partial charge in [-0.3, -0.25) is 4.79 Å². The van der Waals surface area contributed by atoms with Crippen molar-refractivity contribution in [3.8, 4) is 23.3 Å². The Balaban J connectivity index is 1.34. The summed E-state index contributed by atoms with van der Waals surface area (Å²) in [6.07, 6.45) is 1.92. The van der Waals surface area contributed by atoms with Crippen LogP contribution in [-0.2, 0) is 21.7 Å². The standard InChI is InChI=1S/C43H34ClN5O6/c1-53-36-25-28(23-30-26-47-42(46)48-40(30)45)22-29(39(36)54-2)20-18-27-19-21-34(35(44)24-27)38(50)37(41(51)52)49-55-43(31-12-6-3-7-13-31,32-14-8-4-9-15-32)33-16-10-5-11-17-33/h3-17,19,21-22,24-26H,23H2,1-2H3,(H,51,52)(H4,45,46,47,48)/b49-37+. The first-order chi connectivity index (χ1) is 26.6. The molecule has 0 spiro atoms. The molecule has 0 bridgehead atoms. The molecule has 6 aromatic rings. The van der Waals surface area contributed by atoms with Gasteiger partial charge >= 0.3 is 5.97 Å². The van der Waals surface area contributed by atoms with Gasteiger partial charge in [0.2, 0.25) is 23.0 Å². The van der Waals surface area contributed by atoms with Crippen LogP contribution in [0.3, 0.4) is 0 Å². The Morgan fingerprint density at radius 1 is 0.818 bits per heavy atom. The normalized spacial score (nSPS) is 11.2. The lowest BCUT2D eigenvalue weighted by atomic mass is 9.80. The van der Waals surface area contributed by atoms with Crippen LogP contribution < -0.4 is 20.9 Å². The van der Waals surface area contributed by atoms with Crippen LogP contribution in [0.2, 0.25) is 5.02 Å². The lowest BCUT2D eigenvalue weighted by Gasteiger charge is -2.33. The van der Waals surface area contributed by atoms with Crippen LogP contribution in [0.4, 0.5) is 11.8 Å². The average molecular weight is 752 g/mol. The minimum atomic E-state index is -1.60. The van der Waals surface area contributed by atoms with Gasteiger partial charge in [-0.15, -0.1) is 0 Å². The highest BCUT2D eigenvalue weighted by molar-refractivity contribution is 6.68. The number of nitrogens with zero attached hydrogens (tertiary/aromatic N) is 3. The third-order valence-corrected chi connectivity index (χ3v) is 8.95. The molecule has 55 heavy (non-hydrogen) atoms. The number of hydrogen-bond donors (Lipinski definition) is 3. The van der Waals surface area contributed by atoms with Gasteiger partial charge < -0.3 is 30.9 Å². The van der Waals surface area contributed by atoms with E-state index < -0.39 is 23.1 Å². The molecule has 0 unspecified atom stereocenters. The van der Waals surface area contributed by atoms with Crippen molar-refractivity contribution in [3.63, 3.8) is 0 Å². The van der Waals surface area contributed by atoms with Crippen LogP contribution >= 0.6 is 11.6 Å². The zero-order valence-electron chi connectivity index (χ0n) is 29.7. The number of carbonyl (C=O) groups excluding carboxylic acids is 1. The van der Waals surface area contributed by atoms with Crippen molar-refractivity contribution >= 4 is 40.8 Å². The van der Waals surface area contributed by atoms with Crippen LogP contribution in [-0.4, -0.2) is 46.8 Å². The number of methoxy groups -OCH3 is 2. The van der Waals surface area contributed by atoms with Crippen LogP contribution in [0.1, 0.15) is 49.3 Å². The van der Waals surface area contributed by atoms with Gasteiger partial charge in [0.15, 0.2) is 11.5 Å². The van der Waals surface area contributed by atoms with E-state index in [1.807, 2.05) is 97.1 Å². The molecule has 1 aromatic heterocycles. The first-order valence-electron chi connectivity index (χ1n) is 16.8. The number of nitrogens with two attached hydrogens (primary N) is 2. The van der Waals surface area contributed by atoms with E-state index in [0.29, 0.717) is 51.3 Å². The summed E-state index contributed by atoms with van der Waals surface area (Å²) < 4.78 is 11.2. The zero-order chi connectivity index (χ0) is 39.0. The predicted octanol–water partition coefficient (Wildman–Crippen LogP) is 6.93. The van der Waals surface area contributed by atoms with Crippen LogP contribution in [0, 0.1) is 11.8 Å². The monoisotopic (exact) mass is 751 g/mol. The van der Waals surface area contributed by atoms with Gasteiger partial charge in [0.25, 0.3) is 0 Å². The topological polar surface area (TPSA) is 172 Å². The summed E-state index contributed by atoms with van der Waals surface area (Å²) in [7, 11) is 3.01. The van der Waals surface area contributed by atoms with E-state index in [-0.39, 0.29) is 22.4 Å². The Bertz CT molecular complexity index is 2350. The molecule has 5 N–H and O–H groups in total. The second-order valence-corrected chi connectivity index (χ2v) is 12.5. The van der Waals surface area contributed by atoms with Crippen molar-refractivity contribution in [1.82, 2.24) is 9.97 Å². The molecule has 0 amide bonds. The molecule has 0 fully saturated rings. The highest BCUT2D eigenvalue weighted by Gasteiger charge is 2.40. The van der Waals surface area contributed by atoms with Crippen molar-refractivity contribution < 1.29 is 29.0 Å². The molecule has 1 heterocycles. The fourth-order valence-electron chi connectivity index (χ4n) is 6.02. The molecule has 0 radical (unpaired) electrons. The maximum atomic E-state index is 13.8. The third kappa shape index (κ3) is 8.10. The van der Waals surface area contributed by atoms with E-state index in [4.69, 9.17) is 37.4 Å². The summed E-state index contributed by atoms with van der Waals surface area (Å²) in [6, 6.07) is 35.7. The number of carboxylic acids is 1. The molecular formula is C43H34ClN5O6. The highest BCUT2D eigenvalue weighted by Crippen LogP contribution is 2.41. The molecule has 0 saturated heterocycles. The number of Topliss-reactive ketones (excluding diaryl/α,β-unsaturated/α-hetero) is 1. The molecule has 12 heteroatoms. The Kier molecular flexibility index (Phi) is 11.4. The number of aromatic nitrogens is 2. The zero-order valence-corrected chi connectivity index (χ0v) is 30.5. The molecule has 0 atom stereocenters. The lowest BCUT2D eigenvalue weighted by Crippen LogP contribution is -2.33. The summed E-state index contributed by atoms with van der Waals surface area (Å²) in [6.45, 7) is 0. The number of ketones is 1. The molecular weight excluding hydrogens is 718 g/mol. The number of carbonyl (C=O) groups is 2. The summed E-state index contributed by atoms with van der Waals surface area (Å²) in [5.41, 5.74) is 13.7. The Morgan fingerprint density at radius 2 is 1.42 bits per heavy atom. The first-order valence-corrected chi connectivity index (χ1v) is 17.2. The number of nitrogen functional groups attached to an aromatic ring is 2. The second-order valence-electron chi connectivity index (χ2n) is 12.1. The number of carboxylic acid groups (broad SMARTS) is 1. The minimum absolute atomic E-state index is 0.0386. The molecule has 0 aliphatic heterocycles. The van der Waals surface area contributed by atoms with Gasteiger partial charge in [-0.2, -0.15) is 4.98 Å². The van der Waals surface area contributed by atoms with Crippen molar-refractivity contribution in [3.05, 3.63) is 177 Å². The molecule has 274 valence electrons. The smallest absolute Gasteiger partial charge is 0.362 e. The van der Waals surface area contributed by atoms with Crippen LogP contribution in [0.15, 0.2) is 133 Å². The number of halogens is 1. The molecule has 5 aromatic carbocycles. The second kappa shape index (κ2) is 16.7. The maximum Gasteiger partial charge on any atom is 0.362 e. The number of ether oxygens (including phenoxy) is 2. The van der Waals surface area contributed by atoms with Crippen molar-refractivity contribution in [2.75, 3.05) is 25.7 Å². The SMILES string of the molecule is COc1cc(Cc2cnc(N)nc2N)cc(C#Cc2ccc(C(=O)/C(=N\OC(c3ccccc3)(c3ccccc3)c3ccccc3)C(=O)O)c(Cl)c2)c1OC. The van der Waals surface area contributed by atoms with E-state index in [1.54, 1.807) is 18.3 Å². The highest BCUT2D eigenvalue weighted by atomic mass is 35.5. The van der Waals surface area contributed by atoms with Gasteiger partial charge in [0.1, 0.15) is 5.82 Å². The summed E-state index contributed by atoms with van der Waals surface area (Å²) >= 11 is 6.63. The van der Waals surface area contributed by atoms with E-state index in [0.717, 1.165) is 5.56 Å². The summed E-state index contributed by atoms with van der Waals surface area (Å²) in [4.78, 5) is 40.8. The van der Waals surface area contributed by atoms with Crippen molar-refractivity contribution in [2.45, 2.75) is 12.0 Å². The number of benzene rings is 5. The van der Waals surface area contributed by atoms with Crippen LogP contribution in [0.5, 0.6) is 11.5 Å². The summed E-state index contributed by atoms with van der Waals surface area (Å²) in [5, 5.41) is 14.3. The number of rotatable bonds is 12. The molecule has 11 nitrogen and oxygen atoms in total. The van der Waals surface area contributed by atoms with E-state index >= 15 is 0 Å². The summed E-state index contributed by atoms with van der Waals surface area (Å²) in [5.74, 6) is 4.74. The van der Waals surface area contributed by atoms with Crippen molar-refractivity contribution in [1.29, 1.82) is 0 Å². The van der Waals surface area contributed by atoms with Gasteiger partial charge in [-0.05, 0) is 35.9 Å². The van der Waals surface area contributed by atoms with E-state index in [9.17, 15) is 14.7 Å². The average Bonchev–Trinajstić information content (AvgIpc) is 3.20. The Labute approximate surface area is 322 Å². The van der Waals surface area contributed by atoms with E-state index in [2.05, 4.69) is 27.0 Å². The molecule has 0 aliphatic rings. The fourth-order valence-corrected chi connectivity index (χ4v) is 6.29. The predicted molar refractivity (Wildman–Crippen MR) is 210 cm³/mol. The first kappa shape index (κ1) is 37.6. The fraction of sp³-hybridized carbons (Fsp3) is 0.0930. The van der Waals surface area contributed by atoms with Gasteiger partial charge in [-0.1, -0.05) is 120 Å². The molecule has 0 aliphatic carbocycles. The number of oxime groups is 1. The minimum Gasteiger partial charge on any atom is -0.493 e. The number of aliphatic carboxylic acids is 1. The molecule has 0 saturated carbocycles. The largest absolute Gasteiger partial charge is 0.493 e. The maximum absolute atomic E-state index is 13.8. The van der Waals surface area contributed by atoms with Gasteiger partial charge in [0, 0.05) is 46.0 Å². The Hall–Kier alpha value is -7.16. The van der Waals surface area contributed by atoms with Crippen molar-refractivity contribution in [2.24, 2.45) is 5.16 Å². The van der Waals surface area contributed by atoms with E-state index in [1.165, 1.54) is 26.4 Å². The van der Waals surface area contributed by atoms with Crippen LogP contribution in [0.25, 0.3) is 0 Å².